The van der Waals surface area contributed by atoms with Crippen molar-refractivity contribution in [3.05, 3.63) is 21.9 Å². The summed E-state index contributed by atoms with van der Waals surface area (Å²) in [7, 11) is 0. The average Bonchev–Trinajstić information content (AvgIpc) is 2.72. The number of hydrogen-bond acceptors (Lipinski definition) is 3. The van der Waals surface area contributed by atoms with E-state index in [2.05, 4.69) is 5.43 Å². The van der Waals surface area contributed by atoms with Crippen molar-refractivity contribution in [1.29, 1.82) is 0 Å². The van der Waals surface area contributed by atoms with E-state index in [4.69, 9.17) is 0 Å². The number of nitrogens with zero attached hydrogens (tertiary/aromatic N) is 1. The molecule has 1 saturated heterocycles. The molecule has 0 aromatic carbocycles. The van der Waals surface area contributed by atoms with Gasteiger partial charge in [-0.2, -0.15) is 0 Å². The van der Waals surface area contributed by atoms with Crippen molar-refractivity contribution in [1.82, 2.24) is 10.4 Å². The molecule has 0 radical (unpaired) electrons. The zero-order valence-corrected chi connectivity index (χ0v) is 8.36. The normalized spacial score (nSPS) is 16.5. The first-order valence-electron chi connectivity index (χ1n) is 4.38. The van der Waals surface area contributed by atoms with Crippen molar-refractivity contribution >= 4 is 17.2 Å². The Hall–Kier alpha value is -0.870. The van der Waals surface area contributed by atoms with E-state index in [1.807, 2.05) is 18.4 Å². The van der Waals surface area contributed by atoms with Gasteiger partial charge in [0.25, 0.3) is 5.91 Å². The highest BCUT2D eigenvalue weighted by Gasteiger charge is 2.21. The van der Waals surface area contributed by atoms with Crippen molar-refractivity contribution in [3.63, 3.8) is 0 Å². The first-order chi connectivity index (χ1) is 6.29. The Balaban J connectivity index is 2.17. The van der Waals surface area contributed by atoms with Gasteiger partial charge in [0.1, 0.15) is 0 Å². The average molecular weight is 196 g/mol. The van der Waals surface area contributed by atoms with Crippen molar-refractivity contribution < 1.29 is 4.79 Å². The number of hydrogen-bond donors (Lipinski definition) is 1. The van der Waals surface area contributed by atoms with Crippen LogP contribution in [0.2, 0.25) is 0 Å². The van der Waals surface area contributed by atoms with Gasteiger partial charge < -0.3 is 0 Å². The van der Waals surface area contributed by atoms with Gasteiger partial charge in [-0.05, 0) is 30.4 Å². The molecule has 2 heterocycles. The van der Waals surface area contributed by atoms with E-state index < -0.39 is 0 Å². The van der Waals surface area contributed by atoms with E-state index >= 15 is 0 Å². The maximum Gasteiger partial charge on any atom is 0.278 e. The number of thiophene rings is 1. The monoisotopic (exact) mass is 196 g/mol. The number of aryl methyl sites for hydroxylation is 1. The van der Waals surface area contributed by atoms with Crippen molar-refractivity contribution in [2.45, 2.75) is 13.3 Å². The van der Waals surface area contributed by atoms with Gasteiger partial charge >= 0.3 is 0 Å². The van der Waals surface area contributed by atoms with E-state index in [1.54, 1.807) is 5.01 Å². The predicted molar refractivity (Wildman–Crippen MR) is 52.7 cm³/mol. The Bertz CT molecular complexity index is 315. The highest BCUT2D eigenvalue weighted by molar-refractivity contribution is 7.12. The fourth-order valence-electron chi connectivity index (χ4n) is 1.42. The Morgan fingerprint density at radius 2 is 2.54 bits per heavy atom. The van der Waals surface area contributed by atoms with Gasteiger partial charge in [-0.3, -0.25) is 9.80 Å². The van der Waals surface area contributed by atoms with Crippen LogP contribution < -0.4 is 5.43 Å². The van der Waals surface area contributed by atoms with Crippen molar-refractivity contribution in [3.8, 4) is 0 Å². The molecule has 0 unspecified atom stereocenters. The number of nitrogens with one attached hydrogen (secondary N) is 1. The first kappa shape index (κ1) is 8.72. The molecule has 1 amide bonds. The second kappa shape index (κ2) is 3.47. The maximum atomic E-state index is 11.8. The Morgan fingerprint density at radius 3 is 3.08 bits per heavy atom. The summed E-state index contributed by atoms with van der Waals surface area (Å²) in [6.45, 7) is 3.71. The van der Waals surface area contributed by atoms with E-state index in [-0.39, 0.29) is 5.91 Å². The van der Waals surface area contributed by atoms with Crippen LogP contribution >= 0.6 is 11.3 Å². The van der Waals surface area contributed by atoms with Crippen LogP contribution in [-0.2, 0) is 0 Å². The number of amides is 1. The van der Waals surface area contributed by atoms with Crippen LogP contribution in [0.4, 0.5) is 0 Å². The minimum atomic E-state index is 0.116. The highest BCUT2D eigenvalue weighted by Crippen LogP contribution is 2.18. The third-order valence-electron chi connectivity index (χ3n) is 2.16. The molecule has 1 aromatic heterocycles. The van der Waals surface area contributed by atoms with E-state index in [0.717, 1.165) is 30.0 Å². The molecule has 0 spiro atoms. The zero-order valence-electron chi connectivity index (χ0n) is 7.54. The Labute approximate surface area is 81.3 Å². The summed E-state index contributed by atoms with van der Waals surface area (Å²) in [5.74, 6) is 0.116. The minimum absolute atomic E-state index is 0.116. The second-order valence-electron chi connectivity index (χ2n) is 3.15. The lowest BCUT2D eigenvalue weighted by atomic mass is 10.3. The third kappa shape index (κ3) is 1.59. The SMILES string of the molecule is Cc1ccsc1C(=O)N1CCCN1. The van der Waals surface area contributed by atoms with Crippen LogP contribution in [0.15, 0.2) is 11.4 Å². The molecule has 70 valence electrons. The van der Waals surface area contributed by atoms with Crippen LogP contribution in [0.5, 0.6) is 0 Å². The molecule has 0 bridgehead atoms. The van der Waals surface area contributed by atoms with Crippen LogP contribution in [0.25, 0.3) is 0 Å². The lowest BCUT2D eigenvalue weighted by Gasteiger charge is -2.14. The van der Waals surface area contributed by atoms with Crippen LogP contribution in [0.3, 0.4) is 0 Å². The van der Waals surface area contributed by atoms with Crippen molar-refractivity contribution in [2.75, 3.05) is 13.1 Å². The summed E-state index contributed by atoms with van der Waals surface area (Å²) in [4.78, 5) is 12.7. The van der Waals surface area contributed by atoms with Crippen molar-refractivity contribution in [2.24, 2.45) is 0 Å². The van der Waals surface area contributed by atoms with Gasteiger partial charge in [0, 0.05) is 13.1 Å². The number of carbonyl (C=O) groups is 1. The largest absolute Gasteiger partial charge is 0.278 e. The maximum absolute atomic E-state index is 11.8. The number of rotatable bonds is 1. The molecule has 0 saturated carbocycles. The smallest absolute Gasteiger partial charge is 0.273 e. The summed E-state index contributed by atoms with van der Waals surface area (Å²) < 4.78 is 0. The summed E-state index contributed by atoms with van der Waals surface area (Å²) in [6, 6.07) is 1.98. The van der Waals surface area contributed by atoms with Crippen LogP contribution in [-0.4, -0.2) is 24.0 Å². The molecule has 1 aliphatic heterocycles. The molecule has 0 aliphatic carbocycles. The zero-order chi connectivity index (χ0) is 9.26. The molecule has 1 N–H and O–H groups in total. The Morgan fingerprint density at radius 1 is 1.69 bits per heavy atom. The van der Waals surface area contributed by atoms with E-state index in [0.29, 0.717) is 0 Å². The molecule has 1 aliphatic rings. The van der Waals surface area contributed by atoms with Crippen LogP contribution in [0, 0.1) is 6.92 Å². The standard InChI is InChI=1S/C9H12N2OS/c1-7-3-6-13-8(7)9(12)11-5-2-4-10-11/h3,6,10H,2,4-5H2,1H3. The summed E-state index contributed by atoms with van der Waals surface area (Å²) in [5.41, 5.74) is 4.14. The first-order valence-corrected chi connectivity index (χ1v) is 5.26. The van der Waals surface area contributed by atoms with Crippen LogP contribution in [0.1, 0.15) is 21.7 Å². The van der Waals surface area contributed by atoms with Gasteiger partial charge in [-0.25, -0.2) is 5.43 Å². The molecule has 13 heavy (non-hydrogen) atoms. The molecule has 2 rings (SSSR count). The summed E-state index contributed by atoms with van der Waals surface area (Å²) >= 11 is 1.51. The lowest BCUT2D eigenvalue weighted by molar-refractivity contribution is 0.0730. The predicted octanol–water partition coefficient (Wildman–Crippen LogP) is 1.41. The van der Waals surface area contributed by atoms with Gasteiger partial charge in [0.05, 0.1) is 4.88 Å². The Kier molecular flexibility index (Phi) is 2.33. The fourth-order valence-corrected chi connectivity index (χ4v) is 2.29. The van der Waals surface area contributed by atoms with Gasteiger partial charge in [-0.15, -0.1) is 11.3 Å². The topological polar surface area (TPSA) is 32.3 Å². The summed E-state index contributed by atoms with van der Waals surface area (Å²) in [5, 5.41) is 3.66. The molecule has 1 fully saturated rings. The highest BCUT2D eigenvalue weighted by atomic mass is 32.1. The lowest BCUT2D eigenvalue weighted by Crippen LogP contribution is -2.36. The third-order valence-corrected chi connectivity index (χ3v) is 3.17. The van der Waals surface area contributed by atoms with E-state index in [1.165, 1.54) is 11.3 Å². The van der Waals surface area contributed by atoms with Gasteiger partial charge in [-0.1, -0.05) is 0 Å². The minimum Gasteiger partial charge on any atom is -0.273 e. The van der Waals surface area contributed by atoms with Gasteiger partial charge in [0.15, 0.2) is 0 Å². The number of carbonyl (C=O) groups excluding carboxylic acids is 1. The molecule has 0 atom stereocenters. The fraction of sp³-hybridized carbons (Fsp3) is 0.444. The second-order valence-corrected chi connectivity index (χ2v) is 4.07. The molecular weight excluding hydrogens is 184 g/mol. The molecule has 1 aromatic rings. The molecular formula is C9H12N2OS. The van der Waals surface area contributed by atoms with Gasteiger partial charge in [0.2, 0.25) is 0 Å². The van der Waals surface area contributed by atoms with E-state index in [9.17, 15) is 4.79 Å². The molecule has 4 heteroatoms. The summed E-state index contributed by atoms with van der Waals surface area (Å²) in [6.07, 6.45) is 1.05. The molecule has 3 nitrogen and oxygen atoms in total. The quantitative estimate of drug-likeness (QED) is 0.736. The number of hydrazine groups is 1.